The lowest BCUT2D eigenvalue weighted by Gasteiger charge is -2.35. The minimum Gasteiger partial charge on any atom is -0.381 e. The van der Waals surface area contributed by atoms with Crippen LogP contribution in [-0.4, -0.2) is 34.5 Å². The third-order valence-electron chi connectivity index (χ3n) is 5.72. The normalized spacial score (nSPS) is 23.0. The first-order chi connectivity index (χ1) is 13.5. The van der Waals surface area contributed by atoms with Gasteiger partial charge in [-0.3, -0.25) is 4.79 Å². The topological polar surface area (TPSA) is 67.0 Å². The van der Waals surface area contributed by atoms with Crippen LogP contribution in [0.4, 0.5) is 14.5 Å². The molecule has 1 aromatic carbocycles. The number of halogens is 2. The Bertz CT molecular complexity index is 908. The van der Waals surface area contributed by atoms with Crippen LogP contribution in [-0.2, 0) is 10.5 Å². The van der Waals surface area contributed by atoms with E-state index < -0.39 is 17.2 Å². The van der Waals surface area contributed by atoms with Crippen LogP contribution in [0, 0.1) is 11.6 Å². The fourth-order valence-corrected chi connectivity index (χ4v) is 5.18. The van der Waals surface area contributed by atoms with Gasteiger partial charge >= 0.3 is 0 Å². The Morgan fingerprint density at radius 3 is 2.71 bits per heavy atom. The van der Waals surface area contributed by atoms with Crippen molar-refractivity contribution < 1.29 is 13.5 Å². The van der Waals surface area contributed by atoms with E-state index in [1.165, 1.54) is 38.2 Å². The van der Waals surface area contributed by atoms with Gasteiger partial charge in [0.1, 0.15) is 11.2 Å². The van der Waals surface area contributed by atoms with Crippen molar-refractivity contribution in [2.24, 2.45) is 0 Å². The number of fused-ring (bicyclic) bond motifs is 1. The fourth-order valence-electron chi connectivity index (χ4n) is 3.98. The van der Waals surface area contributed by atoms with Crippen molar-refractivity contribution >= 4 is 28.4 Å². The highest BCUT2D eigenvalue weighted by Gasteiger charge is 2.30. The zero-order valence-electron chi connectivity index (χ0n) is 15.9. The molecule has 28 heavy (non-hydrogen) atoms. The first-order valence-electron chi connectivity index (χ1n) is 9.87. The molecule has 8 heteroatoms. The maximum Gasteiger partial charge on any atom is 0.261 e. The summed E-state index contributed by atoms with van der Waals surface area (Å²) in [6, 6.07) is 1.47. The highest BCUT2D eigenvalue weighted by Crippen LogP contribution is 2.32. The third-order valence-corrected chi connectivity index (χ3v) is 7.10. The minimum absolute atomic E-state index is 0.0274. The van der Waals surface area contributed by atoms with Gasteiger partial charge in [0.2, 0.25) is 0 Å². The summed E-state index contributed by atoms with van der Waals surface area (Å²) in [4.78, 5) is 19.4. The molecule has 2 saturated carbocycles. The maximum absolute atomic E-state index is 14.5. The summed E-state index contributed by atoms with van der Waals surface area (Å²) in [5, 5.41) is 3.27. The number of hydrogen-bond acceptors (Lipinski definition) is 5. The summed E-state index contributed by atoms with van der Waals surface area (Å²) in [6.45, 7) is 0. The summed E-state index contributed by atoms with van der Waals surface area (Å²) in [6.07, 6.45) is 7.75. The van der Waals surface area contributed by atoms with Gasteiger partial charge in [0, 0.05) is 18.4 Å². The van der Waals surface area contributed by atoms with Gasteiger partial charge in [-0.1, -0.05) is 19.3 Å². The molecule has 2 aliphatic carbocycles. The van der Waals surface area contributed by atoms with Crippen molar-refractivity contribution in [3.8, 4) is 0 Å². The number of rotatable bonds is 6. The molecule has 0 spiro atoms. The van der Waals surface area contributed by atoms with Crippen LogP contribution in [0.2, 0.25) is 0 Å². The molecule has 0 amide bonds. The number of H-pyrrole nitrogens is 1. The lowest BCUT2D eigenvalue weighted by Crippen LogP contribution is -2.40. The Labute approximate surface area is 166 Å². The van der Waals surface area contributed by atoms with Gasteiger partial charge in [0.05, 0.1) is 23.1 Å². The molecular formula is C20H25F2N3O2S. The molecule has 152 valence electrons. The quantitative estimate of drug-likeness (QED) is 0.742. The maximum atomic E-state index is 14.5. The number of aromatic amines is 1. The second kappa shape index (κ2) is 8.37. The predicted octanol–water partition coefficient (Wildman–Crippen LogP) is 4.36. The fraction of sp³-hybridized carbons (Fsp3) is 0.600. The molecular weight excluding hydrogens is 384 g/mol. The van der Waals surface area contributed by atoms with Crippen molar-refractivity contribution in [2.45, 2.75) is 68.1 Å². The van der Waals surface area contributed by atoms with Crippen molar-refractivity contribution in [3.63, 3.8) is 0 Å². The average Bonchev–Trinajstić information content (AvgIpc) is 2.66. The molecule has 2 aromatic rings. The second-order valence-corrected chi connectivity index (χ2v) is 8.99. The first-order valence-corrected chi connectivity index (χ1v) is 10.9. The van der Waals surface area contributed by atoms with Crippen molar-refractivity contribution in [3.05, 3.63) is 33.9 Å². The number of thioether (sulfide) groups is 1. The average molecular weight is 410 g/mol. The molecule has 4 rings (SSSR count). The Balaban J connectivity index is 1.56. The van der Waals surface area contributed by atoms with Crippen LogP contribution < -0.4 is 10.9 Å². The standard InChI is InChI=1S/C20H25F2N3O2S/c1-27-12-7-11(8-12)23-15-9-14-17(19(22)18(15)21)20(26)25-16(24-14)10-28-13-5-3-2-4-6-13/h9,11-13,23H,2-8,10H2,1H3,(H,24,25,26). The number of nitrogens with zero attached hydrogens (tertiary/aromatic N) is 1. The van der Waals surface area contributed by atoms with E-state index in [0.29, 0.717) is 16.8 Å². The number of methoxy groups -OCH3 is 1. The number of nitrogens with one attached hydrogen (secondary N) is 2. The van der Waals surface area contributed by atoms with Crippen LogP contribution in [0.15, 0.2) is 10.9 Å². The number of hydrogen-bond donors (Lipinski definition) is 2. The zero-order chi connectivity index (χ0) is 19.7. The Hall–Kier alpha value is -1.67. The van der Waals surface area contributed by atoms with Crippen LogP contribution in [0.25, 0.3) is 10.9 Å². The molecule has 0 atom stereocenters. The predicted molar refractivity (Wildman–Crippen MR) is 108 cm³/mol. The molecule has 0 aliphatic heterocycles. The van der Waals surface area contributed by atoms with E-state index >= 15 is 0 Å². The van der Waals surface area contributed by atoms with E-state index in [-0.39, 0.29) is 28.7 Å². The Morgan fingerprint density at radius 1 is 1.25 bits per heavy atom. The smallest absolute Gasteiger partial charge is 0.261 e. The van der Waals surface area contributed by atoms with Crippen molar-refractivity contribution in [1.29, 1.82) is 0 Å². The van der Waals surface area contributed by atoms with E-state index in [2.05, 4.69) is 15.3 Å². The molecule has 1 heterocycles. The van der Waals surface area contributed by atoms with Gasteiger partial charge in [-0.25, -0.2) is 13.8 Å². The second-order valence-electron chi connectivity index (χ2n) is 7.70. The number of ether oxygens (including phenoxy) is 1. The van der Waals surface area contributed by atoms with E-state index in [9.17, 15) is 13.6 Å². The first kappa shape index (κ1) is 19.6. The van der Waals surface area contributed by atoms with Crippen molar-refractivity contribution in [2.75, 3.05) is 12.4 Å². The number of benzene rings is 1. The summed E-state index contributed by atoms with van der Waals surface area (Å²) in [5.74, 6) is -1.11. The highest BCUT2D eigenvalue weighted by atomic mass is 32.2. The molecule has 0 saturated heterocycles. The molecule has 2 aliphatic rings. The van der Waals surface area contributed by atoms with Crippen LogP contribution in [0.5, 0.6) is 0 Å². The summed E-state index contributed by atoms with van der Waals surface area (Å²) >= 11 is 1.78. The number of anilines is 1. The van der Waals surface area contributed by atoms with Gasteiger partial charge in [-0.15, -0.1) is 0 Å². The van der Waals surface area contributed by atoms with Crippen LogP contribution >= 0.6 is 11.8 Å². The minimum atomic E-state index is -1.15. The third kappa shape index (κ3) is 4.03. The molecule has 2 fully saturated rings. The zero-order valence-corrected chi connectivity index (χ0v) is 16.7. The van der Waals surface area contributed by atoms with Gasteiger partial charge < -0.3 is 15.0 Å². The van der Waals surface area contributed by atoms with E-state index in [1.807, 2.05) is 0 Å². The molecule has 1 aromatic heterocycles. The highest BCUT2D eigenvalue weighted by molar-refractivity contribution is 7.99. The summed E-state index contributed by atoms with van der Waals surface area (Å²) < 4.78 is 34.2. The van der Waals surface area contributed by atoms with E-state index in [0.717, 1.165) is 12.8 Å². The van der Waals surface area contributed by atoms with E-state index in [4.69, 9.17) is 4.74 Å². The van der Waals surface area contributed by atoms with Crippen LogP contribution in [0.3, 0.4) is 0 Å². The van der Waals surface area contributed by atoms with Gasteiger partial charge in [0.25, 0.3) is 5.56 Å². The Kier molecular flexibility index (Phi) is 5.87. The molecule has 0 bridgehead atoms. The largest absolute Gasteiger partial charge is 0.381 e. The summed E-state index contributed by atoms with van der Waals surface area (Å²) in [7, 11) is 1.64. The monoisotopic (exact) mass is 409 g/mol. The van der Waals surface area contributed by atoms with Crippen molar-refractivity contribution in [1.82, 2.24) is 9.97 Å². The lowest BCUT2D eigenvalue weighted by molar-refractivity contribution is 0.0328. The van der Waals surface area contributed by atoms with Crippen LogP contribution in [0.1, 0.15) is 50.8 Å². The number of aromatic nitrogens is 2. The van der Waals surface area contributed by atoms with Gasteiger partial charge in [-0.2, -0.15) is 11.8 Å². The molecule has 5 nitrogen and oxygen atoms in total. The summed E-state index contributed by atoms with van der Waals surface area (Å²) in [5.41, 5.74) is -0.393. The van der Waals surface area contributed by atoms with Gasteiger partial charge in [0.15, 0.2) is 11.6 Å². The molecule has 0 unspecified atom stereocenters. The molecule has 0 radical (unpaired) electrons. The SMILES string of the molecule is COC1CC(Nc2cc3nc(CSC4CCCCC4)[nH]c(=O)c3c(F)c2F)C1. The van der Waals surface area contributed by atoms with E-state index in [1.54, 1.807) is 18.9 Å². The van der Waals surface area contributed by atoms with Gasteiger partial charge in [-0.05, 0) is 31.7 Å². The lowest BCUT2D eigenvalue weighted by atomic mass is 9.89. The molecule has 2 N–H and O–H groups in total. The Morgan fingerprint density at radius 2 is 2.00 bits per heavy atom.